The smallest absolute Gasteiger partial charge is 0.239 e. The molecule has 23 heavy (non-hydrogen) atoms. The number of anilines is 1. The van der Waals surface area contributed by atoms with E-state index in [9.17, 15) is 4.79 Å². The first kappa shape index (κ1) is 15.6. The average molecular weight is 346 g/mol. The minimum atomic E-state index is -0.353. The molecule has 7 nitrogen and oxygen atoms in total. The molecule has 1 amide bonds. The third-order valence-corrected chi connectivity index (χ3v) is 4.72. The molecule has 0 aliphatic carbocycles. The molecule has 0 saturated carbocycles. The van der Waals surface area contributed by atoms with Crippen LogP contribution in [0.1, 0.15) is 12.5 Å². The Morgan fingerprint density at radius 3 is 3.04 bits per heavy atom. The van der Waals surface area contributed by atoms with Gasteiger partial charge in [-0.15, -0.1) is 16.4 Å². The first-order chi connectivity index (χ1) is 11.1. The highest BCUT2D eigenvalue weighted by atomic mass is 32.2. The molecule has 9 heteroatoms. The second kappa shape index (κ2) is 6.88. The van der Waals surface area contributed by atoms with Crippen LogP contribution >= 0.6 is 23.1 Å². The van der Waals surface area contributed by atoms with E-state index in [0.717, 1.165) is 11.3 Å². The average Bonchev–Trinajstić information content (AvgIpc) is 3.18. The maximum absolute atomic E-state index is 12.2. The second-order valence-electron chi connectivity index (χ2n) is 4.80. The number of thioether (sulfide) groups is 1. The monoisotopic (exact) mass is 346 g/mol. The minimum absolute atomic E-state index is 0.135. The highest BCUT2D eigenvalue weighted by molar-refractivity contribution is 8.00. The number of nitrogens with zero attached hydrogens (tertiary/aromatic N) is 5. The van der Waals surface area contributed by atoms with E-state index in [4.69, 9.17) is 0 Å². The Kier molecular flexibility index (Phi) is 4.68. The Morgan fingerprint density at radius 1 is 1.43 bits per heavy atom. The van der Waals surface area contributed by atoms with Gasteiger partial charge in [-0.1, -0.05) is 23.9 Å². The van der Waals surface area contributed by atoms with Crippen molar-refractivity contribution in [3.05, 3.63) is 41.4 Å². The number of nitrogens with one attached hydrogen (secondary N) is 1. The molecule has 0 aliphatic heterocycles. The van der Waals surface area contributed by atoms with Crippen LogP contribution in [0.4, 0.5) is 5.13 Å². The molecule has 2 aromatic heterocycles. The zero-order valence-corrected chi connectivity index (χ0v) is 14.1. The van der Waals surface area contributed by atoms with Gasteiger partial charge in [-0.3, -0.25) is 4.79 Å². The summed E-state index contributed by atoms with van der Waals surface area (Å²) in [6.45, 7) is 3.81. The van der Waals surface area contributed by atoms with Gasteiger partial charge in [0, 0.05) is 11.6 Å². The van der Waals surface area contributed by atoms with E-state index < -0.39 is 0 Å². The molecule has 2 heterocycles. The lowest BCUT2D eigenvalue weighted by molar-refractivity contribution is -0.115. The third kappa shape index (κ3) is 3.74. The van der Waals surface area contributed by atoms with E-state index in [1.54, 1.807) is 10.9 Å². The number of amides is 1. The summed E-state index contributed by atoms with van der Waals surface area (Å²) < 4.78 is 1.63. The highest BCUT2D eigenvalue weighted by Gasteiger charge is 2.20. The van der Waals surface area contributed by atoms with Crippen LogP contribution in [0.25, 0.3) is 5.69 Å². The van der Waals surface area contributed by atoms with Crippen molar-refractivity contribution >= 4 is 34.1 Å². The lowest BCUT2D eigenvalue weighted by atomic mass is 10.2. The maximum atomic E-state index is 12.2. The largest absolute Gasteiger partial charge is 0.301 e. The first-order valence-electron chi connectivity index (χ1n) is 6.86. The summed E-state index contributed by atoms with van der Waals surface area (Å²) in [5.41, 5.74) is 1.98. The normalized spacial score (nSPS) is 12.1. The van der Waals surface area contributed by atoms with Crippen molar-refractivity contribution in [2.45, 2.75) is 24.3 Å². The number of benzene rings is 1. The number of carbonyl (C=O) groups is 1. The van der Waals surface area contributed by atoms with Crippen LogP contribution in [-0.4, -0.2) is 36.3 Å². The topological polar surface area (TPSA) is 85.6 Å². The van der Waals surface area contributed by atoms with Gasteiger partial charge in [0.1, 0.15) is 0 Å². The summed E-state index contributed by atoms with van der Waals surface area (Å²) in [5, 5.41) is 17.1. The third-order valence-electron chi connectivity index (χ3n) is 3.00. The summed E-state index contributed by atoms with van der Waals surface area (Å²) >= 11 is 2.68. The molecule has 0 aliphatic rings. The van der Waals surface area contributed by atoms with Gasteiger partial charge in [0.25, 0.3) is 0 Å². The van der Waals surface area contributed by atoms with Gasteiger partial charge in [-0.2, -0.15) is 4.68 Å². The van der Waals surface area contributed by atoms with Crippen molar-refractivity contribution in [1.29, 1.82) is 0 Å². The predicted octanol–water partition coefficient (Wildman–Crippen LogP) is 2.55. The number of rotatable bonds is 5. The Morgan fingerprint density at radius 2 is 2.30 bits per heavy atom. The Hall–Kier alpha value is -2.26. The van der Waals surface area contributed by atoms with Gasteiger partial charge in [0.15, 0.2) is 5.13 Å². The first-order valence-corrected chi connectivity index (χ1v) is 8.62. The lowest BCUT2D eigenvalue weighted by Crippen LogP contribution is -2.22. The van der Waals surface area contributed by atoms with E-state index in [1.165, 1.54) is 23.1 Å². The van der Waals surface area contributed by atoms with Gasteiger partial charge in [-0.05, 0) is 42.0 Å². The number of hydrogen-bond donors (Lipinski definition) is 1. The number of aryl methyl sites for hydroxylation is 1. The highest BCUT2D eigenvalue weighted by Crippen LogP contribution is 2.24. The minimum Gasteiger partial charge on any atom is -0.301 e. The van der Waals surface area contributed by atoms with Gasteiger partial charge in [-0.25, -0.2) is 4.98 Å². The molecular weight excluding hydrogens is 332 g/mol. The van der Waals surface area contributed by atoms with Crippen LogP contribution in [0.15, 0.2) is 41.0 Å². The Bertz CT molecular complexity index is 801. The fourth-order valence-electron chi connectivity index (χ4n) is 1.88. The number of hydrogen-bond acceptors (Lipinski definition) is 7. The molecule has 118 valence electrons. The Labute approximate surface area is 141 Å². The van der Waals surface area contributed by atoms with Crippen LogP contribution < -0.4 is 5.32 Å². The van der Waals surface area contributed by atoms with Crippen molar-refractivity contribution in [2.24, 2.45) is 0 Å². The molecule has 0 saturated heterocycles. The quantitative estimate of drug-likeness (QED) is 0.715. The van der Waals surface area contributed by atoms with Gasteiger partial charge in [0.2, 0.25) is 11.1 Å². The molecule has 3 rings (SSSR count). The summed E-state index contributed by atoms with van der Waals surface area (Å²) in [6, 6.07) is 7.86. The zero-order chi connectivity index (χ0) is 16.2. The van der Waals surface area contributed by atoms with Crippen LogP contribution in [-0.2, 0) is 4.79 Å². The summed E-state index contributed by atoms with van der Waals surface area (Å²) in [5.74, 6) is -0.135. The molecule has 0 bridgehead atoms. The molecular formula is C14H14N6OS2. The SMILES string of the molecule is Cc1cccc(-n2nnnc2S[C@H](C)C(=O)Nc2nccs2)c1. The van der Waals surface area contributed by atoms with E-state index >= 15 is 0 Å². The van der Waals surface area contributed by atoms with Gasteiger partial charge >= 0.3 is 0 Å². The van der Waals surface area contributed by atoms with Crippen molar-refractivity contribution in [2.75, 3.05) is 5.32 Å². The lowest BCUT2D eigenvalue weighted by Gasteiger charge is -2.10. The zero-order valence-electron chi connectivity index (χ0n) is 12.5. The van der Waals surface area contributed by atoms with Gasteiger partial charge < -0.3 is 5.32 Å². The van der Waals surface area contributed by atoms with E-state index in [1.807, 2.05) is 43.5 Å². The molecule has 0 spiro atoms. The molecule has 1 aromatic carbocycles. The number of aromatic nitrogens is 5. The van der Waals surface area contributed by atoms with Crippen molar-refractivity contribution < 1.29 is 4.79 Å². The molecule has 0 unspecified atom stereocenters. The number of carbonyl (C=O) groups excluding carboxylic acids is 1. The van der Waals surface area contributed by atoms with Crippen molar-refractivity contribution in [3.63, 3.8) is 0 Å². The molecule has 0 radical (unpaired) electrons. The predicted molar refractivity (Wildman–Crippen MR) is 90.0 cm³/mol. The number of tetrazole rings is 1. The van der Waals surface area contributed by atoms with Crippen LogP contribution in [0.5, 0.6) is 0 Å². The summed E-state index contributed by atoms with van der Waals surface area (Å²) in [7, 11) is 0. The molecule has 1 N–H and O–H groups in total. The molecule has 0 fully saturated rings. The Balaban J connectivity index is 1.73. The standard InChI is InChI=1S/C14H14N6OS2/c1-9-4-3-5-11(8-9)20-14(17-18-19-20)23-10(2)12(21)16-13-15-6-7-22-13/h3-8,10H,1-2H3,(H,15,16,21)/t10-/m1/s1. The van der Waals surface area contributed by atoms with E-state index in [0.29, 0.717) is 10.3 Å². The fourth-order valence-corrected chi connectivity index (χ4v) is 3.22. The fraction of sp³-hybridized carbons (Fsp3) is 0.214. The van der Waals surface area contributed by atoms with Crippen LogP contribution in [0, 0.1) is 6.92 Å². The van der Waals surface area contributed by atoms with Crippen LogP contribution in [0.3, 0.4) is 0 Å². The number of thiazole rings is 1. The van der Waals surface area contributed by atoms with E-state index in [-0.39, 0.29) is 11.2 Å². The van der Waals surface area contributed by atoms with Crippen LogP contribution in [0.2, 0.25) is 0 Å². The maximum Gasteiger partial charge on any atom is 0.239 e. The summed E-state index contributed by atoms with van der Waals surface area (Å²) in [6.07, 6.45) is 1.65. The van der Waals surface area contributed by atoms with Gasteiger partial charge in [0.05, 0.1) is 10.9 Å². The van der Waals surface area contributed by atoms with E-state index in [2.05, 4.69) is 25.8 Å². The summed E-state index contributed by atoms with van der Waals surface area (Å²) in [4.78, 5) is 16.2. The molecule has 3 aromatic rings. The van der Waals surface area contributed by atoms with Crippen molar-refractivity contribution in [3.8, 4) is 5.69 Å². The van der Waals surface area contributed by atoms with Crippen molar-refractivity contribution in [1.82, 2.24) is 25.2 Å². The second-order valence-corrected chi connectivity index (χ2v) is 7.00. The molecule has 1 atom stereocenters.